The monoisotopic (exact) mass is 216 g/mol. The number of hydrogen-bond donors (Lipinski definition) is 2. The summed E-state index contributed by atoms with van der Waals surface area (Å²) in [6.07, 6.45) is 1.90. The zero-order valence-corrected chi connectivity index (χ0v) is 8.75. The van der Waals surface area contributed by atoms with Crippen molar-refractivity contribution >= 4 is 23.1 Å². The number of nitrogen functional groups attached to an aromatic ring is 1. The summed E-state index contributed by atoms with van der Waals surface area (Å²) >= 11 is 0. The molecule has 0 unspecified atom stereocenters. The highest BCUT2D eigenvalue weighted by atomic mass is 16.2. The Morgan fingerprint density at radius 1 is 1.25 bits per heavy atom. The normalized spacial score (nSPS) is 21.2. The van der Waals surface area contributed by atoms with Crippen LogP contribution in [0.15, 0.2) is 18.2 Å². The lowest BCUT2D eigenvalue weighted by Gasteiger charge is -2.08. The molecule has 1 heterocycles. The molecule has 1 saturated carbocycles. The summed E-state index contributed by atoms with van der Waals surface area (Å²) in [5.74, 6) is -0.0610. The minimum atomic E-state index is -0.442. The van der Waals surface area contributed by atoms with Crippen molar-refractivity contribution in [2.45, 2.75) is 19.3 Å². The van der Waals surface area contributed by atoms with Crippen molar-refractivity contribution in [3.63, 3.8) is 0 Å². The standard InChI is InChI=1S/C12H12N2O2/c13-7-2-1-3-8-10(7)9(15)6-12(4-5-12)11(16)14-8/h1-3H,4-6,13H2,(H,14,16). The predicted octanol–water partition coefficient (Wildman–Crippen LogP) is 1.57. The number of fused-ring (bicyclic) bond motifs is 1. The van der Waals surface area contributed by atoms with Crippen molar-refractivity contribution in [1.82, 2.24) is 0 Å². The fourth-order valence-electron chi connectivity index (χ4n) is 2.27. The lowest BCUT2D eigenvalue weighted by Crippen LogP contribution is -2.23. The Hall–Kier alpha value is -1.84. The van der Waals surface area contributed by atoms with Crippen LogP contribution in [-0.4, -0.2) is 11.7 Å². The van der Waals surface area contributed by atoms with Gasteiger partial charge < -0.3 is 11.1 Å². The molecule has 0 atom stereocenters. The van der Waals surface area contributed by atoms with Gasteiger partial charge in [-0.25, -0.2) is 0 Å². The topological polar surface area (TPSA) is 72.2 Å². The quantitative estimate of drug-likeness (QED) is 0.646. The summed E-state index contributed by atoms with van der Waals surface area (Å²) in [4.78, 5) is 24.0. The van der Waals surface area contributed by atoms with Crippen LogP contribution in [0.1, 0.15) is 29.6 Å². The van der Waals surface area contributed by atoms with E-state index in [9.17, 15) is 9.59 Å². The molecule has 1 aliphatic carbocycles. The van der Waals surface area contributed by atoms with Gasteiger partial charge in [0, 0.05) is 12.1 Å². The molecule has 82 valence electrons. The maximum Gasteiger partial charge on any atom is 0.231 e. The average Bonchev–Trinajstić information content (AvgIpc) is 2.98. The molecule has 1 aromatic rings. The van der Waals surface area contributed by atoms with E-state index in [2.05, 4.69) is 5.32 Å². The first kappa shape index (κ1) is 9.39. The lowest BCUT2D eigenvalue weighted by atomic mass is 9.96. The number of anilines is 2. The van der Waals surface area contributed by atoms with Gasteiger partial charge in [0.05, 0.1) is 16.7 Å². The highest BCUT2D eigenvalue weighted by Crippen LogP contribution is 2.52. The molecule has 1 aliphatic heterocycles. The molecular formula is C12H12N2O2. The van der Waals surface area contributed by atoms with E-state index in [-0.39, 0.29) is 11.7 Å². The molecule has 16 heavy (non-hydrogen) atoms. The van der Waals surface area contributed by atoms with E-state index < -0.39 is 5.41 Å². The fourth-order valence-corrected chi connectivity index (χ4v) is 2.27. The van der Waals surface area contributed by atoms with E-state index in [1.165, 1.54) is 0 Å². The Kier molecular flexibility index (Phi) is 1.67. The van der Waals surface area contributed by atoms with Crippen LogP contribution >= 0.6 is 0 Å². The smallest absolute Gasteiger partial charge is 0.231 e. The summed E-state index contributed by atoms with van der Waals surface area (Å²) < 4.78 is 0. The zero-order chi connectivity index (χ0) is 11.3. The van der Waals surface area contributed by atoms with E-state index in [1.54, 1.807) is 18.2 Å². The number of amides is 1. The van der Waals surface area contributed by atoms with Crippen molar-refractivity contribution in [3.05, 3.63) is 23.8 Å². The maximum atomic E-state index is 12.1. The molecule has 1 aromatic carbocycles. The summed E-state index contributed by atoms with van der Waals surface area (Å²) in [6, 6.07) is 5.16. The van der Waals surface area contributed by atoms with E-state index in [0.717, 1.165) is 12.8 Å². The van der Waals surface area contributed by atoms with Crippen LogP contribution in [0.5, 0.6) is 0 Å². The Labute approximate surface area is 92.8 Å². The zero-order valence-electron chi connectivity index (χ0n) is 8.75. The molecule has 0 radical (unpaired) electrons. The Balaban J connectivity index is 2.14. The van der Waals surface area contributed by atoms with Crippen LogP contribution in [0.3, 0.4) is 0 Å². The first-order chi connectivity index (χ1) is 7.62. The largest absolute Gasteiger partial charge is 0.398 e. The molecule has 4 heteroatoms. The average molecular weight is 216 g/mol. The second kappa shape index (κ2) is 2.84. The van der Waals surface area contributed by atoms with Crippen molar-refractivity contribution < 1.29 is 9.59 Å². The van der Waals surface area contributed by atoms with Crippen molar-refractivity contribution in [1.29, 1.82) is 0 Å². The summed E-state index contributed by atoms with van der Waals surface area (Å²) in [5.41, 5.74) is 6.81. The van der Waals surface area contributed by atoms with Gasteiger partial charge in [-0.1, -0.05) is 6.07 Å². The molecular weight excluding hydrogens is 204 g/mol. The number of rotatable bonds is 0. The number of ketones is 1. The Morgan fingerprint density at radius 3 is 2.69 bits per heavy atom. The minimum Gasteiger partial charge on any atom is -0.398 e. The molecule has 0 saturated heterocycles. The molecule has 1 fully saturated rings. The number of hydrogen-bond acceptors (Lipinski definition) is 3. The molecule has 1 amide bonds. The van der Waals surface area contributed by atoms with Gasteiger partial charge in [0.25, 0.3) is 0 Å². The number of Topliss-reactive ketones (excluding diaryl/α,β-unsaturated/α-hetero) is 1. The fraction of sp³-hybridized carbons (Fsp3) is 0.333. The third kappa shape index (κ3) is 1.16. The molecule has 1 spiro atoms. The first-order valence-electron chi connectivity index (χ1n) is 5.36. The van der Waals surface area contributed by atoms with Gasteiger partial charge in [-0.05, 0) is 25.0 Å². The number of carbonyl (C=O) groups is 2. The van der Waals surface area contributed by atoms with Gasteiger partial charge in [0.2, 0.25) is 5.91 Å². The number of benzene rings is 1. The maximum absolute atomic E-state index is 12.1. The minimum absolute atomic E-state index is 0.0241. The van der Waals surface area contributed by atoms with Crippen molar-refractivity contribution in [3.8, 4) is 0 Å². The van der Waals surface area contributed by atoms with Gasteiger partial charge >= 0.3 is 0 Å². The number of nitrogens with two attached hydrogens (primary N) is 1. The molecule has 4 nitrogen and oxygen atoms in total. The third-order valence-corrected chi connectivity index (χ3v) is 3.46. The number of nitrogens with one attached hydrogen (secondary N) is 1. The van der Waals surface area contributed by atoms with Crippen LogP contribution in [0, 0.1) is 5.41 Å². The van der Waals surface area contributed by atoms with Gasteiger partial charge in [0.1, 0.15) is 0 Å². The van der Waals surface area contributed by atoms with Crippen LogP contribution in [0.4, 0.5) is 11.4 Å². The van der Waals surface area contributed by atoms with E-state index in [0.29, 0.717) is 23.4 Å². The highest BCUT2D eigenvalue weighted by Gasteiger charge is 2.52. The number of carbonyl (C=O) groups excluding carboxylic acids is 2. The SMILES string of the molecule is Nc1cccc2c1C(=O)CC1(CC1)C(=O)N2. The molecule has 2 aliphatic rings. The van der Waals surface area contributed by atoms with Crippen LogP contribution in [0.2, 0.25) is 0 Å². The van der Waals surface area contributed by atoms with Crippen molar-refractivity contribution in [2.75, 3.05) is 11.1 Å². The van der Waals surface area contributed by atoms with E-state index in [4.69, 9.17) is 5.73 Å². The van der Waals surface area contributed by atoms with Crippen molar-refractivity contribution in [2.24, 2.45) is 5.41 Å². The van der Waals surface area contributed by atoms with Gasteiger partial charge in [-0.15, -0.1) is 0 Å². The molecule has 0 aromatic heterocycles. The summed E-state index contributed by atoms with van der Waals surface area (Å²) in [7, 11) is 0. The molecule has 3 rings (SSSR count). The molecule has 3 N–H and O–H groups in total. The van der Waals surface area contributed by atoms with Crippen LogP contribution < -0.4 is 11.1 Å². The van der Waals surface area contributed by atoms with Gasteiger partial charge in [-0.3, -0.25) is 9.59 Å². The van der Waals surface area contributed by atoms with Gasteiger partial charge in [0.15, 0.2) is 5.78 Å². The van der Waals surface area contributed by atoms with Crippen LogP contribution in [-0.2, 0) is 4.79 Å². The van der Waals surface area contributed by atoms with E-state index >= 15 is 0 Å². The van der Waals surface area contributed by atoms with Gasteiger partial charge in [-0.2, -0.15) is 0 Å². The second-order valence-corrected chi connectivity index (χ2v) is 4.60. The first-order valence-corrected chi connectivity index (χ1v) is 5.36. The highest BCUT2D eigenvalue weighted by molar-refractivity contribution is 6.14. The summed E-state index contributed by atoms with van der Waals surface area (Å²) in [5, 5.41) is 2.81. The Bertz CT molecular complexity index is 504. The summed E-state index contributed by atoms with van der Waals surface area (Å²) in [6.45, 7) is 0. The molecule has 0 bridgehead atoms. The third-order valence-electron chi connectivity index (χ3n) is 3.46. The van der Waals surface area contributed by atoms with Crippen LogP contribution in [0.25, 0.3) is 0 Å². The second-order valence-electron chi connectivity index (χ2n) is 4.60. The van der Waals surface area contributed by atoms with E-state index in [1.807, 2.05) is 0 Å². The lowest BCUT2D eigenvalue weighted by molar-refractivity contribution is -0.121. The predicted molar refractivity (Wildman–Crippen MR) is 60.1 cm³/mol. The Morgan fingerprint density at radius 2 is 2.00 bits per heavy atom.